The van der Waals surface area contributed by atoms with Crippen LogP contribution < -0.4 is 9.62 Å². The van der Waals surface area contributed by atoms with Gasteiger partial charge in [-0.2, -0.15) is 0 Å². The molecule has 0 bridgehead atoms. The predicted octanol–water partition coefficient (Wildman–Crippen LogP) is 3.84. The lowest BCUT2D eigenvalue weighted by Crippen LogP contribution is -2.52. The fraction of sp³-hybridized carbons (Fsp3) is 0.364. The first-order valence-electron chi connectivity index (χ1n) is 10.1. The van der Waals surface area contributed by atoms with Crippen molar-refractivity contribution in [1.82, 2.24) is 10.2 Å². The van der Waals surface area contributed by atoms with Crippen molar-refractivity contribution in [3.63, 3.8) is 0 Å². The van der Waals surface area contributed by atoms with Gasteiger partial charge in [-0.15, -0.1) is 0 Å². The fourth-order valence-electron chi connectivity index (χ4n) is 3.07. The Labute approximate surface area is 203 Å². The Balaban J connectivity index is 2.41. The molecule has 2 aromatic carbocycles. The van der Waals surface area contributed by atoms with E-state index in [0.29, 0.717) is 10.6 Å². The summed E-state index contributed by atoms with van der Waals surface area (Å²) in [5, 5.41) is 2.93. The summed E-state index contributed by atoms with van der Waals surface area (Å²) in [5.74, 6) is -1.75. The Hall–Kier alpha value is -2.36. The van der Waals surface area contributed by atoms with Crippen LogP contribution in [0.25, 0.3) is 0 Å². The number of halogens is 3. The number of hydrogen-bond acceptors (Lipinski definition) is 4. The zero-order chi connectivity index (χ0) is 24.9. The second-order valence-electron chi connectivity index (χ2n) is 7.86. The Morgan fingerprint density at radius 3 is 2.30 bits per heavy atom. The van der Waals surface area contributed by atoms with Crippen LogP contribution in [0.15, 0.2) is 42.5 Å². The summed E-state index contributed by atoms with van der Waals surface area (Å²) in [5.41, 5.74) is 0.690. The van der Waals surface area contributed by atoms with E-state index in [2.05, 4.69) is 5.32 Å². The summed E-state index contributed by atoms with van der Waals surface area (Å²) in [6.45, 7) is 4.54. The van der Waals surface area contributed by atoms with Gasteiger partial charge in [0.2, 0.25) is 21.8 Å². The molecule has 1 atom stereocenters. The van der Waals surface area contributed by atoms with Gasteiger partial charge in [-0.3, -0.25) is 13.9 Å². The fourth-order valence-corrected chi connectivity index (χ4v) is 4.30. The highest BCUT2D eigenvalue weighted by molar-refractivity contribution is 7.92. The van der Waals surface area contributed by atoms with Gasteiger partial charge >= 0.3 is 0 Å². The van der Waals surface area contributed by atoms with Crippen LogP contribution in [0.5, 0.6) is 0 Å². The van der Waals surface area contributed by atoms with Crippen LogP contribution in [0.2, 0.25) is 10.0 Å². The van der Waals surface area contributed by atoms with E-state index in [1.165, 1.54) is 11.0 Å². The highest BCUT2D eigenvalue weighted by Crippen LogP contribution is 2.25. The molecular weight excluding hydrogens is 492 g/mol. The minimum Gasteiger partial charge on any atom is -0.352 e. The van der Waals surface area contributed by atoms with Gasteiger partial charge in [0.25, 0.3) is 0 Å². The third-order valence-electron chi connectivity index (χ3n) is 4.71. The van der Waals surface area contributed by atoms with Gasteiger partial charge in [-0.1, -0.05) is 35.3 Å². The molecule has 0 fully saturated rings. The van der Waals surface area contributed by atoms with Crippen molar-refractivity contribution in [1.29, 1.82) is 0 Å². The van der Waals surface area contributed by atoms with E-state index in [4.69, 9.17) is 23.2 Å². The Morgan fingerprint density at radius 2 is 1.76 bits per heavy atom. The lowest BCUT2D eigenvalue weighted by atomic mass is 10.1. The molecule has 0 aliphatic carbocycles. The monoisotopic (exact) mass is 517 g/mol. The topological polar surface area (TPSA) is 86.8 Å². The summed E-state index contributed by atoms with van der Waals surface area (Å²) in [6.07, 6.45) is 0.924. The first kappa shape index (κ1) is 26.9. The van der Waals surface area contributed by atoms with E-state index in [0.717, 1.165) is 22.7 Å². The van der Waals surface area contributed by atoms with Gasteiger partial charge in [-0.25, -0.2) is 12.8 Å². The van der Waals surface area contributed by atoms with Crippen molar-refractivity contribution in [2.45, 2.75) is 39.4 Å². The van der Waals surface area contributed by atoms with Crippen LogP contribution in [-0.2, 0) is 26.2 Å². The number of sulfonamides is 1. The maximum absolute atomic E-state index is 13.6. The van der Waals surface area contributed by atoms with Crippen LogP contribution in [0.1, 0.15) is 26.3 Å². The van der Waals surface area contributed by atoms with Gasteiger partial charge in [0, 0.05) is 17.6 Å². The maximum atomic E-state index is 13.6. The number of anilines is 1. The van der Waals surface area contributed by atoms with E-state index in [1.54, 1.807) is 45.0 Å². The first-order chi connectivity index (χ1) is 15.3. The third kappa shape index (κ3) is 7.58. The molecule has 0 spiro atoms. The minimum atomic E-state index is -3.94. The Bertz CT molecular complexity index is 1130. The van der Waals surface area contributed by atoms with Crippen molar-refractivity contribution in [2.75, 3.05) is 17.1 Å². The first-order valence-corrected chi connectivity index (χ1v) is 12.7. The van der Waals surface area contributed by atoms with Crippen LogP contribution in [0.3, 0.4) is 0 Å². The van der Waals surface area contributed by atoms with Crippen LogP contribution in [0, 0.1) is 5.82 Å². The number of hydrogen-bond donors (Lipinski definition) is 1. The van der Waals surface area contributed by atoms with Crippen LogP contribution in [-0.4, -0.2) is 50.0 Å². The standard InChI is InChI=1S/C22H26Cl2FN3O4S/c1-14(2)26-22(30)15(3)27(12-16-6-5-7-17(23)10-16)21(29)13-28(33(4,31)32)18-8-9-20(25)19(24)11-18/h5-11,14-15H,12-13H2,1-4H3,(H,26,30). The summed E-state index contributed by atoms with van der Waals surface area (Å²) < 4.78 is 39.3. The van der Waals surface area contributed by atoms with Crippen molar-refractivity contribution >= 4 is 50.7 Å². The highest BCUT2D eigenvalue weighted by atomic mass is 35.5. The average molecular weight is 518 g/mol. The molecular formula is C22H26Cl2FN3O4S. The SMILES string of the molecule is CC(C)NC(=O)C(C)N(Cc1cccc(Cl)c1)C(=O)CN(c1ccc(F)c(Cl)c1)S(C)(=O)=O. The third-order valence-corrected chi connectivity index (χ3v) is 6.38. The lowest BCUT2D eigenvalue weighted by Gasteiger charge is -2.32. The van der Waals surface area contributed by atoms with Crippen molar-refractivity contribution < 1.29 is 22.4 Å². The van der Waals surface area contributed by atoms with E-state index >= 15 is 0 Å². The Kier molecular flexibility index (Phi) is 9.11. The molecule has 2 rings (SSSR count). The summed E-state index contributed by atoms with van der Waals surface area (Å²) in [6, 6.07) is 9.08. The predicted molar refractivity (Wildman–Crippen MR) is 128 cm³/mol. The van der Waals surface area contributed by atoms with Gasteiger partial charge in [-0.05, 0) is 56.7 Å². The van der Waals surface area contributed by atoms with Crippen molar-refractivity contribution in [2.24, 2.45) is 0 Å². The van der Waals surface area contributed by atoms with E-state index in [9.17, 15) is 22.4 Å². The summed E-state index contributed by atoms with van der Waals surface area (Å²) in [4.78, 5) is 27.3. The highest BCUT2D eigenvalue weighted by Gasteiger charge is 2.30. The molecule has 2 aromatic rings. The lowest BCUT2D eigenvalue weighted by molar-refractivity contribution is -0.139. The van der Waals surface area contributed by atoms with E-state index < -0.39 is 40.2 Å². The van der Waals surface area contributed by atoms with Gasteiger partial charge < -0.3 is 10.2 Å². The molecule has 1 unspecified atom stereocenters. The number of rotatable bonds is 9. The maximum Gasteiger partial charge on any atom is 0.244 e. The van der Waals surface area contributed by atoms with Gasteiger partial charge in [0.05, 0.1) is 17.0 Å². The number of nitrogens with one attached hydrogen (secondary N) is 1. The molecule has 180 valence electrons. The zero-order valence-corrected chi connectivity index (χ0v) is 21.0. The largest absolute Gasteiger partial charge is 0.352 e. The molecule has 0 aliphatic heterocycles. The minimum absolute atomic E-state index is 0.0217. The molecule has 0 aliphatic rings. The number of amides is 2. The van der Waals surface area contributed by atoms with Crippen molar-refractivity contribution in [3.05, 3.63) is 63.9 Å². The molecule has 0 aromatic heterocycles. The second kappa shape index (κ2) is 11.2. The molecule has 33 heavy (non-hydrogen) atoms. The van der Waals surface area contributed by atoms with Gasteiger partial charge in [0.15, 0.2) is 0 Å². The smallest absolute Gasteiger partial charge is 0.244 e. The molecule has 0 saturated heterocycles. The van der Waals surface area contributed by atoms with E-state index in [-0.39, 0.29) is 23.3 Å². The molecule has 7 nitrogen and oxygen atoms in total. The number of nitrogens with zero attached hydrogens (tertiary/aromatic N) is 2. The van der Waals surface area contributed by atoms with Crippen LogP contribution >= 0.6 is 23.2 Å². The summed E-state index contributed by atoms with van der Waals surface area (Å²) in [7, 11) is -3.94. The normalized spacial score (nSPS) is 12.4. The Morgan fingerprint density at radius 1 is 1.09 bits per heavy atom. The zero-order valence-electron chi connectivity index (χ0n) is 18.7. The van der Waals surface area contributed by atoms with Crippen molar-refractivity contribution in [3.8, 4) is 0 Å². The van der Waals surface area contributed by atoms with Crippen LogP contribution in [0.4, 0.5) is 10.1 Å². The molecule has 11 heteroatoms. The summed E-state index contributed by atoms with van der Waals surface area (Å²) >= 11 is 11.9. The molecule has 0 heterocycles. The number of benzene rings is 2. The molecule has 2 amide bonds. The van der Waals surface area contributed by atoms with Gasteiger partial charge in [0.1, 0.15) is 18.4 Å². The quantitative estimate of drug-likeness (QED) is 0.547. The molecule has 0 radical (unpaired) electrons. The molecule has 1 N–H and O–H groups in total. The molecule has 0 saturated carbocycles. The average Bonchev–Trinajstić information content (AvgIpc) is 2.70. The number of carbonyl (C=O) groups excluding carboxylic acids is 2. The number of carbonyl (C=O) groups is 2. The second-order valence-corrected chi connectivity index (χ2v) is 10.6. The van der Waals surface area contributed by atoms with E-state index in [1.807, 2.05) is 0 Å².